The van der Waals surface area contributed by atoms with E-state index in [2.05, 4.69) is 20.8 Å². The Labute approximate surface area is 164 Å². The molecule has 6 heteroatoms. The van der Waals surface area contributed by atoms with E-state index < -0.39 is 0 Å². The Morgan fingerprint density at radius 1 is 0.857 bits per heavy atom. The van der Waals surface area contributed by atoms with Gasteiger partial charge in [0, 0.05) is 11.7 Å². The summed E-state index contributed by atoms with van der Waals surface area (Å²) in [6.45, 7) is 0. The minimum Gasteiger partial charge on any atom is -0.457 e. The van der Waals surface area contributed by atoms with Crippen molar-refractivity contribution in [3.63, 3.8) is 0 Å². The third-order valence-corrected chi connectivity index (χ3v) is 4.69. The van der Waals surface area contributed by atoms with Gasteiger partial charge in [-0.05, 0) is 61.4 Å². The summed E-state index contributed by atoms with van der Waals surface area (Å²) in [5.41, 5.74) is 1.20. The summed E-state index contributed by atoms with van der Waals surface area (Å²) < 4.78 is 5.78. The fourth-order valence-corrected chi connectivity index (χ4v) is 3.23. The van der Waals surface area contributed by atoms with Gasteiger partial charge in [-0.1, -0.05) is 31.0 Å². The molecule has 0 spiro atoms. The first-order valence-corrected chi connectivity index (χ1v) is 9.51. The van der Waals surface area contributed by atoms with Crippen molar-refractivity contribution in [1.82, 2.24) is 15.5 Å². The van der Waals surface area contributed by atoms with E-state index in [1.165, 1.54) is 12.8 Å². The fraction of sp³-hybridized carbons (Fsp3) is 0.227. The van der Waals surface area contributed by atoms with Crippen LogP contribution in [0.15, 0.2) is 66.7 Å². The lowest BCUT2D eigenvalue weighted by molar-refractivity contribution is 0.0932. The largest absolute Gasteiger partial charge is 0.457 e. The molecule has 1 aliphatic rings. The highest BCUT2D eigenvalue weighted by molar-refractivity contribution is 5.92. The molecule has 2 N–H and O–H groups in total. The second-order valence-corrected chi connectivity index (χ2v) is 6.82. The Balaban J connectivity index is 1.34. The number of ether oxygens (including phenoxy) is 1. The van der Waals surface area contributed by atoms with Crippen LogP contribution in [0.2, 0.25) is 0 Å². The topological polar surface area (TPSA) is 76.1 Å². The number of benzene rings is 2. The molecule has 1 aliphatic carbocycles. The van der Waals surface area contributed by atoms with E-state index in [1.807, 2.05) is 54.6 Å². The van der Waals surface area contributed by atoms with Crippen molar-refractivity contribution >= 4 is 17.4 Å². The van der Waals surface area contributed by atoms with Gasteiger partial charge in [0.1, 0.15) is 11.5 Å². The standard InChI is InChI=1S/C22H22N4O2/c27-22(24-16-6-4-5-7-16)20-14-15-21(26-25-20)23-17-10-12-19(13-11-17)28-18-8-2-1-3-9-18/h1-3,8-16H,4-7H2,(H,23,26)(H,24,27). The van der Waals surface area contributed by atoms with Crippen LogP contribution in [0.3, 0.4) is 0 Å². The van der Waals surface area contributed by atoms with Crippen molar-refractivity contribution in [3.8, 4) is 11.5 Å². The number of amides is 1. The molecule has 2 aromatic carbocycles. The zero-order valence-electron chi connectivity index (χ0n) is 15.5. The lowest BCUT2D eigenvalue weighted by atomic mass is 10.2. The van der Waals surface area contributed by atoms with E-state index in [-0.39, 0.29) is 11.9 Å². The van der Waals surface area contributed by atoms with Crippen molar-refractivity contribution in [3.05, 3.63) is 72.4 Å². The minimum absolute atomic E-state index is 0.159. The molecule has 1 heterocycles. The van der Waals surface area contributed by atoms with Crippen LogP contribution in [0.1, 0.15) is 36.2 Å². The van der Waals surface area contributed by atoms with Gasteiger partial charge in [-0.15, -0.1) is 10.2 Å². The Morgan fingerprint density at radius 2 is 1.57 bits per heavy atom. The number of nitrogens with one attached hydrogen (secondary N) is 2. The molecular weight excluding hydrogens is 352 g/mol. The number of carbonyl (C=O) groups excluding carboxylic acids is 1. The van der Waals surface area contributed by atoms with Crippen molar-refractivity contribution in [1.29, 1.82) is 0 Å². The van der Waals surface area contributed by atoms with Gasteiger partial charge in [-0.3, -0.25) is 4.79 Å². The summed E-state index contributed by atoms with van der Waals surface area (Å²) in [5, 5.41) is 14.3. The predicted molar refractivity (Wildman–Crippen MR) is 108 cm³/mol. The van der Waals surface area contributed by atoms with E-state index in [9.17, 15) is 4.79 Å². The number of anilines is 2. The summed E-state index contributed by atoms with van der Waals surface area (Å²) in [5.74, 6) is 1.96. The molecule has 0 saturated heterocycles. The van der Waals surface area contributed by atoms with Gasteiger partial charge in [0.2, 0.25) is 0 Å². The van der Waals surface area contributed by atoms with Crippen LogP contribution in [0.4, 0.5) is 11.5 Å². The van der Waals surface area contributed by atoms with Crippen LogP contribution >= 0.6 is 0 Å². The second kappa shape index (κ2) is 8.52. The van der Waals surface area contributed by atoms with Crippen LogP contribution < -0.4 is 15.4 Å². The highest BCUT2D eigenvalue weighted by atomic mass is 16.5. The molecule has 4 rings (SSSR count). The van der Waals surface area contributed by atoms with Gasteiger partial charge < -0.3 is 15.4 Å². The van der Waals surface area contributed by atoms with Crippen molar-refractivity contribution in [2.24, 2.45) is 0 Å². The zero-order chi connectivity index (χ0) is 19.2. The van der Waals surface area contributed by atoms with E-state index in [4.69, 9.17) is 4.74 Å². The van der Waals surface area contributed by atoms with Gasteiger partial charge in [-0.25, -0.2) is 0 Å². The van der Waals surface area contributed by atoms with E-state index >= 15 is 0 Å². The Hall–Kier alpha value is -3.41. The first-order valence-electron chi connectivity index (χ1n) is 9.51. The molecule has 1 saturated carbocycles. The monoisotopic (exact) mass is 374 g/mol. The van der Waals surface area contributed by atoms with Crippen LogP contribution in [0.5, 0.6) is 11.5 Å². The maximum atomic E-state index is 12.2. The van der Waals surface area contributed by atoms with E-state index in [0.29, 0.717) is 11.5 Å². The Kier molecular flexibility index (Phi) is 5.47. The molecular formula is C22H22N4O2. The van der Waals surface area contributed by atoms with Gasteiger partial charge in [0.15, 0.2) is 11.5 Å². The Bertz CT molecular complexity index is 906. The normalized spacial score (nSPS) is 13.9. The summed E-state index contributed by atoms with van der Waals surface area (Å²) in [4.78, 5) is 12.2. The van der Waals surface area contributed by atoms with Crippen LogP contribution in [-0.2, 0) is 0 Å². The SMILES string of the molecule is O=C(NC1CCCC1)c1ccc(Nc2ccc(Oc3ccccc3)cc2)nn1. The third-order valence-electron chi connectivity index (χ3n) is 4.69. The smallest absolute Gasteiger partial charge is 0.272 e. The summed E-state index contributed by atoms with van der Waals surface area (Å²) in [7, 11) is 0. The fourth-order valence-electron chi connectivity index (χ4n) is 3.23. The molecule has 28 heavy (non-hydrogen) atoms. The molecule has 0 bridgehead atoms. The van der Waals surface area contributed by atoms with Gasteiger partial charge >= 0.3 is 0 Å². The first kappa shape index (κ1) is 18.0. The molecule has 142 valence electrons. The molecule has 6 nitrogen and oxygen atoms in total. The number of aromatic nitrogens is 2. The summed E-state index contributed by atoms with van der Waals surface area (Å²) >= 11 is 0. The maximum absolute atomic E-state index is 12.2. The Morgan fingerprint density at radius 3 is 2.25 bits per heavy atom. The van der Waals surface area contributed by atoms with Crippen LogP contribution in [0, 0.1) is 0 Å². The number of nitrogens with zero attached hydrogens (tertiary/aromatic N) is 2. The molecule has 1 fully saturated rings. The highest BCUT2D eigenvalue weighted by Gasteiger charge is 2.18. The third kappa shape index (κ3) is 4.65. The number of hydrogen-bond acceptors (Lipinski definition) is 5. The minimum atomic E-state index is -0.159. The number of carbonyl (C=O) groups is 1. The molecule has 0 radical (unpaired) electrons. The number of para-hydroxylation sites is 1. The average Bonchev–Trinajstić information content (AvgIpc) is 3.24. The van der Waals surface area contributed by atoms with Crippen molar-refractivity contribution in [2.45, 2.75) is 31.7 Å². The molecule has 1 aromatic heterocycles. The van der Waals surface area contributed by atoms with Crippen LogP contribution in [0.25, 0.3) is 0 Å². The number of rotatable bonds is 6. The molecule has 0 unspecified atom stereocenters. The molecule has 1 amide bonds. The zero-order valence-corrected chi connectivity index (χ0v) is 15.5. The predicted octanol–water partition coefficient (Wildman–Crippen LogP) is 4.68. The van der Waals surface area contributed by atoms with E-state index in [0.717, 1.165) is 30.0 Å². The first-order chi connectivity index (χ1) is 13.8. The number of hydrogen-bond donors (Lipinski definition) is 2. The summed E-state index contributed by atoms with van der Waals surface area (Å²) in [6.07, 6.45) is 4.44. The van der Waals surface area contributed by atoms with Crippen molar-refractivity contribution in [2.75, 3.05) is 5.32 Å². The van der Waals surface area contributed by atoms with Crippen LogP contribution in [-0.4, -0.2) is 22.1 Å². The molecule has 3 aromatic rings. The van der Waals surface area contributed by atoms with Gasteiger partial charge in [0.25, 0.3) is 5.91 Å². The van der Waals surface area contributed by atoms with Crippen molar-refractivity contribution < 1.29 is 9.53 Å². The lowest BCUT2D eigenvalue weighted by Gasteiger charge is -2.11. The highest BCUT2D eigenvalue weighted by Crippen LogP contribution is 2.24. The summed E-state index contributed by atoms with van der Waals surface area (Å²) in [6, 6.07) is 20.9. The quantitative estimate of drug-likeness (QED) is 0.655. The lowest BCUT2D eigenvalue weighted by Crippen LogP contribution is -2.33. The molecule has 0 atom stereocenters. The maximum Gasteiger partial charge on any atom is 0.272 e. The second-order valence-electron chi connectivity index (χ2n) is 6.82. The van der Waals surface area contributed by atoms with Gasteiger partial charge in [0.05, 0.1) is 0 Å². The average molecular weight is 374 g/mol. The van der Waals surface area contributed by atoms with Gasteiger partial charge in [-0.2, -0.15) is 0 Å². The van der Waals surface area contributed by atoms with E-state index in [1.54, 1.807) is 12.1 Å². The molecule has 0 aliphatic heterocycles.